The molecular weight excluding hydrogens is 266 g/mol. The van der Waals surface area contributed by atoms with Gasteiger partial charge in [0.2, 0.25) is 5.91 Å². The molecule has 0 spiro atoms. The molecule has 4 heteroatoms. The molecule has 1 fully saturated rings. The Bertz CT molecular complexity index is 539. The van der Waals surface area contributed by atoms with Crippen molar-refractivity contribution < 1.29 is 14.6 Å². The van der Waals surface area contributed by atoms with Crippen molar-refractivity contribution in [3.63, 3.8) is 0 Å². The molecule has 1 aromatic carbocycles. The molecule has 1 N–H and O–H groups in total. The molecule has 2 unspecified atom stereocenters. The van der Waals surface area contributed by atoms with Crippen molar-refractivity contribution in [2.75, 3.05) is 19.8 Å². The number of aliphatic hydroxyl groups is 1. The molecule has 2 atom stereocenters. The molecule has 1 amide bonds. The van der Waals surface area contributed by atoms with E-state index in [2.05, 4.69) is 13.0 Å². The number of aliphatic hydroxyl groups excluding tert-OH is 1. The zero-order valence-electron chi connectivity index (χ0n) is 12.9. The largest absolute Gasteiger partial charge is 0.394 e. The number of nitrogens with zero attached hydrogens (tertiary/aromatic N) is 1. The fourth-order valence-electron chi connectivity index (χ4n) is 2.50. The fourth-order valence-corrected chi connectivity index (χ4v) is 2.50. The molecule has 0 radical (unpaired) electrons. The second-order valence-electron chi connectivity index (χ2n) is 5.67. The molecule has 1 aliphatic rings. The number of rotatable bonds is 3. The summed E-state index contributed by atoms with van der Waals surface area (Å²) in [5, 5.41) is 9.17. The molecule has 1 aromatic rings. The summed E-state index contributed by atoms with van der Waals surface area (Å²) in [7, 11) is 0. The highest BCUT2D eigenvalue weighted by Crippen LogP contribution is 2.15. The van der Waals surface area contributed by atoms with Gasteiger partial charge in [0.15, 0.2) is 0 Å². The number of morpholine rings is 1. The van der Waals surface area contributed by atoms with Crippen LogP contribution in [0.1, 0.15) is 23.6 Å². The van der Waals surface area contributed by atoms with Gasteiger partial charge in [-0.3, -0.25) is 4.79 Å². The van der Waals surface area contributed by atoms with Crippen LogP contribution in [0.4, 0.5) is 0 Å². The van der Waals surface area contributed by atoms with E-state index in [0.717, 1.165) is 11.1 Å². The van der Waals surface area contributed by atoms with Crippen LogP contribution in [0.5, 0.6) is 0 Å². The molecule has 2 rings (SSSR count). The lowest BCUT2D eigenvalue weighted by atomic mass is 10.1. The highest BCUT2D eigenvalue weighted by atomic mass is 16.5. The van der Waals surface area contributed by atoms with Gasteiger partial charge in [-0.1, -0.05) is 23.8 Å². The van der Waals surface area contributed by atoms with Crippen LogP contribution < -0.4 is 0 Å². The van der Waals surface area contributed by atoms with Gasteiger partial charge in [0.05, 0.1) is 25.4 Å². The Hall–Kier alpha value is -1.65. The number of carbonyl (C=O) groups is 1. The van der Waals surface area contributed by atoms with Crippen molar-refractivity contribution >= 4 is 12.0 Å². The van der Waals surface area contributed by atoms with E-state index < -0.39 is 0 Å². The van der Waals surface area contributed by atoms with Gasteiger partial charge in [0, 0.05) is 12.6 Å². The zero-order valence-corrected chi connectivity index (χ0v) is 12.9. The minimum Gasteiger partial charge on any atom is -0.394 e. The second-order valence-corrected chi connectivity index (χ2v) is 5.67. The molecule has 0 aromatic heterocycles. The normalized spacial score (nSPS) is 22.8. The average molecular weight is 289 g/mol. The van der Waals surface area contributed by atoms with Crippen LogP contribution in [-0.2, 0) is 9.53 Å². The molecule has 1 aliphatic heterocycles. The Morgan fingerprint density at radius 3 is 2.90 bits per heavy atom. The lowest BCUT2D eigenvalue weighted by Gasteiger charge is -2.36. The van der Waals surface area contributed by atoms with Gasteiger partial charge in [0.1, 0.15) is 0 Å². The Morgan fingerprint density at radius 1 is 1.48 bits per heavy atom. The van der Waals surface area contributed by atoms with Crippen molar-refractivity contribution in [2.24, 2.45) is 0 Å². The number of carbonyl (C=O) groups excluding carboxylic acids is 1. The summed E-state index contributed by atoms with van der Waals surface area (Å²) in [6, 6.07) is 6.19. The number of hydrogen-bond donors (Lipinski definition) is 1. The van der Waals surface area contributed by atoms with Crippen molar-refractivity contribution in [1.82, 2.24) is 4.90 Å². The zero-order chi connectivity index (χ0) is 15.4. The molecule has 0 aliphatic carbocycles. The van der Waals surface area contributed by atoms with Gasteiger partial charge in [-0.05, 0) is 38.0 Å². The van der Waals surface area contributed by atoms with Gasteiger partial charge in [-0.15, -0.1) is 0 Å². The first-order chi connectivity index (χ1) is 10.0. The summed E-state index contributed by atoms with van der Waals surface area (Å²) in [4.78, 5) is 14.1. The lowest BCUT2D eigenvalue weighted by Crippen LogP contribution is -2.51. The standard InChI is InChI=1S/C17H23NO3/c1-12-4-5-15(13(2)8-12)6-7-17(20)18-9-16(10-19)21-11-14(18)3/h4-8,14,16,19H,9-11H2,1-3H3/b7-6+. The first-order valence-corrected chi connectivity index (χ1v) is 7.29. The van der Waals surface area contributed by atoms with Gasteiger partial charge in [0.25, 0.3) is 0 Å². The van der Waals surface area contributed by atoms with Gasteiger partial charge < -0.3 is 14.7 Å². The summed E-state index contributed by atoms with van der Waals surface area (Å²) in [6.45, 7) is 6.89. The van der Waals surface area contributed by atoms with Crippen LogP contribution in [0.2, 0.25) is 0 Å². The van der Waals surface area contributed by atoms with Gasteiger partial charge >= 0.3 is 0 Å². The van der Waals surface area contributed by atoms with Gasteiger partial charge in [-0.25, -0.2) is 0 Å². The quantitative estimate of drug-likeness (QED) is 0.865. The molecule has 1 saturated heterocycles. The summed E-state index contributed by atoms with van der Waals surface area (Å²) in [5.74, 6) is -0.0378. The average Bonchev–Trinajstić information content (AvgIpc) is 2.46. The number of aryl methyl sites for hydroxylation is 2. The first-order valence-electron chi connectivity index (χ1n) is 7.29. The first kappa shape index (κ1) is 15.7. The third-order valence-electron chi connectivity index (χ3n) is 3.82. The van der Waals surface area contributed by atoms with E-state index in [4.69, 9.17) is 9.84 Å². The fraction of sp³-hybridized carbons (Fsp3) is 0.471. The van der Waals surface area contributed by atoms with Crippen LogP contribution in [0.25, 0.3) is 6.08 Å². The Morgan fingerprint density at radius 2 is 2.24 bits per heavy atom. The molecule has 0 saturated carbocycles. The Kier molecular flexibility index (Phi) is 5.15. The number of amides is 1. The van der Waals surface area contributed by atoms with E-state index in [1.807, 2.05) is 32.1 Å². The third-order valence-corrected chi connectivity index (χ3v) is 3.82. The Labute approximate surface area is 126 Å². The lowest BCUT2D eigenvalue weighted by molar-refractivity contribution is -0.140. The molecular formula is C17H23NO3. The molecule has 1 heterocycles. The van der Waals surface area contributed by atoms with E-state index >= 15 is 0 Å². The van der Waals surface area contributed by atoms with E-state index in [1.54, 1.807) is 11.0 Å². The molecule has 0 bridgehead atoms. The van der Waals surface area contributed by atoms with Crippen LogP contribution in [0.3, 0.4) is 0 Å². The monoisotopic (exact) mass is 289 g/mol. The second kappa shape index (κ2) is 6.87. The van der Waals surface area contributed by atoms with Crippen LogP contribution in [0, 0.1) is 13.8 Å². The predicted molar refractivity (Wildman–Crippen MR) is 83.0 cm³/mol. The van der Waals surface area contributed by atoms with E-state index in [-0.39, 0.29) is 24.7 Å². The summed E-state index contributed by atoms with van der Waals surface area (Å²) >= 11 is 0. The summed E-state index contributed by atoms with van der Waals surface area (Å²) in [5.41, 5.74) is 3.42. The van der Waals surface area contributed by atoms with Crippen LogP contribution in [-0.4, -0.2) is 47.8 Å². The smallest absolute Gasteiger partial charge is 0.246 e. The topological polar surface area (TPSA) is 49.8 Å². The van der Waals surface area contributed by atoms with Crippen LogP contribution >= 0.6 is 0 Å². The maximum atomic E-state index is 12.3. The van der Waals surface area contributed by atoms with Crippen molar-refractivity contribution in [3.8, 4) is 0 Å². The third kappa shape index (κ3) is 3.93. The molecule has 4 nitrogen and oxygen atoms in total. The Balaban J connectivity index is 2.07. The number of hydrogen-bond acceptors (Lipinski definition) is 3. The minimum atomic E-state index is -0.278. The van der Waals surface area contributed by atoms with Crippen molar-refractivity contribution in [3.05, 3.63) is 41.0 Å². The molecule has 114 valence electrons. The highest BCUT2D eigenvalue weighted by Gasteiger charge is 2.27. The van der Waals surface area contributed by atoms with E-state index in [0.29, 0.717) is 13.2 Å². The minimum absolute atomic E-state index is 0.0315. The summed E-state index contributed by atoms with van der Waals surface area (Å²) in [6.07, 6.45) is 3.18. The maximum absolute atomic E-state index is 12.3. The number of ether oxygens (including phenoxy) is 1. The van der Waals surface area contributed by atoms with E-state index in [1.165, 1.54) is 5.56 Å². The SMILES string of the molecule is Cc1ccc(/C=C/C(=O)N2CC(CO)OCC2C)c(C)c1. The molecule has 21 heavy (non-hydrogen) atoms. The van der Waals surface area contributed by atoms with E-state index in [9.17, 15) is 4.79 Å². The highest BCUT2D eigenvalue weighted by molar-refractivity contribution is 5.92. The summed E-state index contributed by atoms with van der Waals surface area (Å²) < 4.78 is 5.45. The number of benzene rings is 1. The maximum Gasteiger partial charge on any atom is 0.246 e. The van der Waals surface area contributed by atoms with Crippen molar-refractivity contribution in [2.45, 2.75) is 32.9 Å². The predicted octanol–water partition coefficient (Wildman–Crippen LogP) is 1.92. The van der Waals surface area contributed by atoms with Gasteiger partial charge in [-0.2, -0.15) is 0 Å². The van der Waals surface area contributed by atoms with Crippen molar-refractivity contribution in [1.29, 1.82) is 0 Å². The van der Waals surface area contributed by atoms with Crippen LogP contribution in [0.15, 0.2) is 24.3 Å².